The third kappa shape index (κ3) is 5.61. The number of benzene rings is 1. The van der Waals surface area contributed by atoms with Crippen LogP contribution in [0.3, 0.4) is 0 Å². The van der Waals surface area contributed by atoms with Crippen molar-refractivity contribution >= 4 is 0 Å². The Kier molecular flexibility index (Phi) is 6.91. The van der Waals surface area contributed by atoms with Crippen molar-refractivity contribution in [2.75, 3.05) is 13.2 Å². The number of hydrogen-bond acceptors (Lipinski definition) is 2. The van der Waals surface area contributed by atoms with E-state index in [0.717, 1.165) is 31.4 Å². The molecule has 0 bridgehead atoms. The van der Waals surface area contributed by atoms with Crippen LogP contribution in [-0.4, -0.2) is 24.3 Å². The number of halogens is 1. The molecule has 0 saturated heterocycles. The molecule has 1 aromatic carbocycles. The molecule has 0 aliphatic carbocycles. The van der Waals surface area contributed by atoms with Crippen LogP contribution < -0.4 is 5.32 Å². The van der Waals surface area contributed by atoms with E-state index in [4.69, 9.17) is 5.11 Å². The van der Waals surface area contributed by atoms with Gasteiger partial charge in [-0.05, 0) is 49.9 Å². The van der Waals surface area contributed by atoms with Crippen LogP contribution in [0.15, 0.2) is 24.3 Å². The van der Waals surface area contributed by atoms with Crippen molar-refractivity contribution in [2.24, 2.45) is 5.92 Å². The molecule has 0 fully saturated rings. The summed E-state index contributed by atoms with van der Waals surface area (Å²) in [5.74, 6) is 0.346. The van der Waals surface area contributed by atoms with Gasteiger partial charge in [0.1, 0.15) is 5.82 Å². The van der Waals surface area contributed by atoms with Crippen LogP contribution in [-0.2, 0) is 6.42 Å². The summed E-state index contributed by atoms with van der Waals surface area (Å²) >= 11 is 0. The molecule has 2 N–H and O–H groups in total. The van der Waals surface area contributed by atoms with Crippen molar-refractivity contribution in [1.82, 2.24) is 5.32 Å². The molecule has 0 aliphatic heterocycles. The summed E-state index contributed by atoms with van der Waals surface area (Å²) in [7, 11) is 0. The number of nitrogens with one attached hydrogen (secondary N) is 1. The lowest BCUT2D eigenvalue weighted by atomic mass is 10.0. The zero-order valence-electron chi connectivity index (χ0n) is 11.3. The van der Waals surface area contributed by atoms with E-state index >= 15 is 0 Å². The number of aliphatic hydroxyl groups excluding tert-OH is 1. The second-order valence-electron chi connectivity index (χ2n) is 4.93. The van der Waals surface area contributed by atoms with Gasteiger partial charge >= 0.3 is 0 Å². The Morgan fingerprint density at radius 3 is 2.50 bits per heavy atom. The van der Waals surface area contributed by atoms with Crippen molar-refractivity contribution in [1.29, 1.82) is 0 Å². The molecular weight excluding hydrogens is 229 g/mol. The van der Waals surface area contributed by atoms with Crippen LogP contribution in [0.4, 0.5) is 4.39 Å². The Labute approximate surface area is 109 Å². The fourth-order valence-corrected chi connectivity index (χ4v) is 2.05. The smallest absolute Gasteiger partial charge is 0.123 e. The molecule has 1 rings (SSSR count). The maximum atomic E-state index is 12.8. The third-order valence-corrected chi connectivity index (χ3v) is 3.32. The first kappa shape index (κ1) is 15.1. The largest absolute Gasteiger partial charge is 0.396 e. The maximum Gasteiger partial charge on any atom is 0.123 e. The summed E-state index contributed by atoms with van der Waals surface area (Å²) in [4.78, 5) is 0. The molecular formula is C15H24FNO. The molecule has 0 radical (unpaired) electrons. The van der Waals surface area contributed by atoms with Crippen LogP contribution in [0, 0.1) is 11.7 Å². The molecule has 2 unspecified atom stereocenters. The Bertz CT molecular complexity index is 326. The molecule has 102 valence electrons. The summed E-state index contributed by atoms with van der Waals surface area (Å²) in [6.07, 6.45) is 2.83. The standard InChI is InChI=1S/C15H24FNO/c1-3-13(8-9-18)11-17-12(2)10-14-4-6-15(16)7-5-14/h4-7,12-13,17-18H,3,8-11H2,1-2H3. The van der Waals surface area contributed by atoms with E-state index < -0.39 is 0 Å². The van der Waals surface area contributed by atoms with E-state index in [0.29, 0.717) is 12.0 Å². The fourth-order valence-electron chi connectivity index (χ4n) is 2.05. The monoisotopic (exact) mass is 253 g/mol. The van der Waals surface area contributed by atoms with Crippen molar-refractivity contribution in [3.8, 4) is 0 Å². The summed E-state index contributed by atoms with van der Waals surface area (Å²) in [5.41, 5.74) is 1.15. The van der Waals surface area contributed by atoms with Crippen molar-refractivity contribution < 1.29 is 9.50 Å². The molecule has 3 heteroatoms. The minimum absolute atomic E-state index is 0.187. The highest BCUT2D eigenvalue weighted by molar-refractivity contribution is 5.16. The van der Waals surface area contributed by atoms with Gasteiger partial charge < -0.3 is 10.4 Å². The van der Waals surface area contributed by atoms with Crippen LogP contribution in [0.2, 0.25) is 0 Å². The van der Waals surface area contributed by atoms with Crippen molar-refractivity contribution in [2.45, 2.75) is 39.2 Å². The fraction of sp³-hybridized carbons (Fsp3) is 0.600. The van der Waals surface area contributed by atoms with Crippen LogP contribution in [0.1, 0.15) is 32.3 Å². The highest BCUT2D eigenvalue weighted by atomic mass is 19.1. The molecule has 0 saturated carbocycles. The average molecular weight is 253 g/mol. The zero-order valence-corrected chi connectivity index (χ0v) is 11.3. The molecule has 0 aromatic heterocycles. The molecule has 2 atom stereocenters. The summed E-state index contributed by atoms with van der Waals surface area (Å²) in [6, 6.07) is 7.03. The number of hydrogen-bond donors (Lipinski definition) is 2. The molecule has 18 heavy (non-hydrogen) atoms. The lowest BCUT2D eigenvalue weighted by molar-refractivity contribution is 0.249. The van der Waals surface area contributed by atoms with Gasteiger partial charge in [-0.2, -0.15) is 0 Å². The second-order valence-corrected chi connectivity index (χ2v) is 4.93. The van der Waals surface area contributed by atoms with Gasteiger partial charge in [-0.3, -0.25) is 0 Å². The molecule has 0 spiro atoms. The highest BCUT2D eigenvalue weighted by Crippen LogP contribution is 2.08. The zero-order chi connectivity index (χ0) is 13.4. The normalized spacial score (nSPS) is 14.4. The number of aliphatic hydroxyl groups is 1. The third-order valence-electron chi connectivity index (χ3n) is 3.32. The first-order chi connectivity index (χ1) is 8.65. The first-order valence-corrected chi connectivity index (χ1v) is 6.74. The van der Waals surface area contributed by atoms with Crippen LogP contribution >= 0.6 is 0 Å². The lowest BCUT2D eigenvalue weighted by Gasteiger charge is -2.19. The molecule has 0 amide bonds. The quantitative estimate of drug-likeness (QED) is 0.746. The maximum absolute atomic E-state index is 12.8. The minimum atomic E-state index is -0.187. The van der Waals surface area contributed by atoms with Gasteiger partial charge in [0.25, 0.3) is 0 Å². The van der Waals surface area contributed by atoms with Gasteiger partial charge in [0, 0.05) is 12.6 Å². The molecule has 0 aliphatic rings. The van der Waals surface area contributed by atoms with E-state index in [-0.39, 0.29) is 12.4 Å². The Morgan fingerprint density at radius 1 is 1.28 bits per heavy atom. The van der Waals surface area contributed by atoms with Gasteiger partial charge in [-0.1, -0.05) is 25.5 Å². The Balaban J connectivity index is 2.32. The summed E-state index contributed by atoms with van der Waals surface area (Å²) in [5, 5.41) is 12.4. The van der Waals surface area contributed by atoms with Crippen molar-refractivity contribution in [3.05, 3.63) is 35.6 Å². The molecule has 2 nitrogen and oxygen atoms in total. The van der Waals surface area contributed by atoms with Crippen LogP contribution in [0.5, 0.6) is 0 Å². The highest BCUT2D eigenvalue weighted by Gasteiger charge is 2.08. The van der Waals surface area contributed by atoms with E-state index in [1.54, 1.807) is 0 Å². The van der Waals surface area contributed by atoms with E-state index in [1.807, 2.05) is 12.1 Å². The topological polar surface area (TPSA) is 32.3 Å². The predicted octanol–water partition coefficient (Wildman–Crippen LogP) is 2.75. The summed E-state index contributed by atoms with van der Waals surface area (Å²) in [6.45, 7) is 5.47. The first-order valence-electron chi connectivity index (χ1n) is 6.74. The predicted molar refractivity (Wildman–Crippen MR) is 73.1 cm³/mol. The average Bonchev–Trinajstić information content (AvgIpc) is 2.37. The second kappa shape index (κ2) is 8.22. The van der Waals surface area contributed by atoms with Gasteiger partial charge in [0.2, 0.25) is 0 Å². The van der Waals surface area contributed by atoms with E-state index in [9.17, 15) is 4.39 Å². The molecule has 0 heterocycles. The minimum Gasteiger partial charge on any atom is -0.396 e. The SMILES string of the molecule is CCC(CCO)CNC(C)Cc1ccc(F)cc1. The Morgan fingerprint density at radius 2 is 1.94 bits per heavy atom. The Hall–Kier alpha value is -0.930. The van der Waals surface area contributed by atoms with Gasteiger partial charge in [-0.15, -0.1) is 0 Å². The van der Waals surface area contributed by atoms with Crippen molar-refractivity contribution in [3.63, 3.8) is 0 Å². The number of rotatable bonds is 8. The van der Waals surface area contributed by atoms with Gasteiger partial charge in [0.15, 0.2) is 0 Å². The lowest BCUT2D eigenvalue weighted by Crippen LogP contribution is -2.33. The summed E-state index contributed by atoms with van der Waals surface area (Å²) < 4.78 is 12.8. The van der Waals surface area contributed by atoms with Crippen LogP contribution in [0.25, 0.3) is 0 Å². The molecule has 1 aromatic rings. The van der Waals surface area contributed by atoms with Gasteiger partial charge in [-0.25, -0.2) is 4.39 Å². The van der Waals surface area contributed by atoms with Gasteiger partial charge in [0.05, 0.1) is 0 Å². The van der Waals surface area contributed by atoms with E-state index in [2.05, 4.69) is 19.2 Å². The van der Waals surface area contributed by atoms with E-state index in [1.165, 1.54) is 12.1 Å².